The quantitative estimate of drug-likeness (QED) is 0.396. The molecule has 0 bridgehead atoms. The Kier molecular flexibility index (Phi) is 5.53. The van der Waals surface area contributed by atoms with Gasteiger partial charge in [-0.05, 0) is 24.3 Å². The van der Waals surface area contributed by atoms with E-state index in [9.17, 15) is 20.2 Å². The van der Waals surface area contributed by atoms with Gasteiger partial charge in [-0.25, -0.2) is 0 Å². The Morgan fingerprint density at radius 3 is 2.58 bits per heavy atom. The van der Waals surface area contributed by atoms with Crippen LogP contribution in [0.1, 0.15) is 20.3 Å². The molecule has 1 heterocycles. The Balaban J connectivity index is 2.17. The van der Waals surface area contributed by atoms with Gasteiger partial charge in [0.15, 0.2) is 0 Å². The van der Waals surface area contributed by atoms with Crippen molar-refractivity contribution in [3.8, 4) is 6.07 Å². The van der Waals surface area contributed by atoms with E-state index >= 15 is 0 Å². The van der Waals surface area contributed by atoms with Crippen molar-refractivity contribution < 1.29 is 9.72 Å². The zero-order valence-electron chi connectivity index (χ0n) is 13.7. The highest BCUT2D eigenvalue weighted by molar-refractivity contribution is 6.07. The third-order valence-electron chi connectivity index (χ3n) is 3.92. The summed E-state index contributed by atoms with van der Waals surface area (Å²) < 4.78 is 0. The third-order valence-corrected chi connectivity index (χ3v) is 3.92. The highest BCUT2D eigenvalue weighted by Crippen LogP contribution is 2.24. The number of nitro groups is 1. The molecule has 2 rings (SSSR count). The number of nitriles is 1. The molecule has 2 unspecified atom stereocenters. The first-order chi connectivity index (χ1) is 11.4. The van der Waals surface area contributed by atoms with E-state index in [4.69, 9.17) is 0 Å². The minimum absolute atomic E-state index is 0.0607. The van der Waals surface area contributed by atoms with Crippen LogP contribution < -0.4 is 5.32 Å². The molecular formula is C17H20N4O3. The molecule has 1 saturated heterocycles. The fourth-order valence-electron chi connectivity index (χ4n) is 3.07. The Hall–Kier alpha value is -2.88. The van der Waals surface area contributed by atoms with Gasteiger partial charge >= 0.3 is 0 Å². The van der Waals surface area contributed by atoms with Gasteiger partial charge in [0.05, 0.1) is 4.92 Å². The first kappa shape index (κ1) is 17.5. The highest BCUT2D eigenvalue weighted by atomic mass is 16.6. The van der Waals surface area contributed by atoms with E-state index < -0.39 is 10.8 Å². The summed E-state index contributed by atoms with van der Waals surface area (Å²) in [6, 6.07) is 7.74. The second-order valence-electron chi connectivity index (χ2n) is 6.28. The molecule has 0 aromatic heterocycles. The predicted octanol–water partition coefficient (Wildman–Crippen LogP) is 2.92. The number of likely N-dealkylation sites (tertiary alicyclic amines) is 1. The highest BCUT2D eigenvalue weighted by Gasteiger charge is 2.22. The number of nitrogens with zero attached hydrogens (tertiary/aromatic N) is 3. The van der Waals surface area contributed by atoms with Crippen LogP contribution in [0.15, 0.2) is 36.0 Å². The fraction of sp³-hybridized carbons (Fsp3) is 0.412. The molecule has 126 valence electrons. The fourth-order valence-corrected chi connectivity index (χ4v) is 3.07. The number of rotatable bonds is 4. The van der Waals surface area contributed by atoms with Crippen LogP contribution in [0, 0.1) is 33.3 Å². The van der Waals surface area contributed by atoms with Crippen LogP contribution in [0.25, 0.3) is 0 Å². The Labute approximate surface area is 140 Å². The Morgan fingerprint density at radius 2 is 2.00 bits per heavy atom. The first-order valence-corrected chi connectivity index (χ1v) is 7.81. The van der Waals surface area contributed by atoms with Crippen LogP contribution in [0.2, 0.25) is 0 Å². The van der Waals surface area contributed by atoms with Crippen molar-refractivity contribution in [1.82, 2.24) is 4.90 Å². The lowest BCUT2D eigenvalue weighted by Gasteiger charge is -2.34. The maximum Gasteiger partial charge on any atom is 0.292 e. The number of benzene rings is 1. The summed E-state index contributed by atoms with van der Waals surface area (Å²) in [4.78, 5) is 24.7. The lowest BCUT2D eigenvalue weighted by Crippen LogP contribution is -2.35. The standard InChI is InChI=1S/C17H20N4O3/c1-12-7-13(2)10-20(9-12)11-14(8-18)17(22)19-15-5-3-4-6-16(15)21(23)24/h3-6,11-13H,7,9-10H2,1-2H3,(H,19,22)/b14-11-. The number of piperidine rings is 1. The molecule has 1 aliphatic rings. The average Bonchev–Trinajstić information content (AvgIpc) is 2.51. The van der Waals surface area contributed by atoms with Gasteiger partial charge in [0, 0.05) is 25.4 Å². The lowest BCUT2D eigenvalue weighted by molar-refractivity contribution is -0.383. The molecule has 0 aliphatic carbocycles. The molecule has 1 aromatic rings. The molecular weight excluding hydrogens is 308 g/mol. The largest absolute Gasteiger partial charge is 0.376 e. The smallest absolute Gasteiger partial charge is 0.292 e. The number of carbonyl (C=O) groups excluding carboxylic acids is 1. The maximum atomic E-state index is 12.3. The summed E-state index contributed by atoms with van der Waals surface area (Å²) in [5.74, 6) is 0.337. The van der Waals surface area contributed by atoms with Crippen molar-refractivity contribution in [2.45, 2.75) is 20.3 Å². The van der Waals surface area contributed by atoms with E-state index in [1.54, 1.807) is 12.3 Å². The Morgan fingerprint density at radius 1 is 1.38 bits per heavy atom. The third kappa shape index (κ3) is 4.32. The van der Waals surface area contributed by atoms with Crippen LogP contribution >= 0.6 is 0 Å². The summed E-state index contributed by atoms with van der Waals surface area (Å²) >= 11 is 0. The van der Waals surface area contributed by atoms with Crippen molar-refractivity contribution in [2.75, 3.05) is 18.4 Å². The first-order valence-electron chi connectivity index (χ1n) is 7.81. The van der Waals surface area contributed by atoms with E-state index in [1.165, 1.54) is 18.2 Å². The molecule has 2 atom stereocenters. The van der Waals surface area contributed by atoms with Crippen LogP contribution in [0.5, 0.6) is 0 Å². The second kappa shape index (κ2) is 7.59. The Bertz CT molecular complexity index is 698. The number of amides is 1. The lowest BCUT2D eigenvalue weighted by atomic mass is 9.92. The number of anilines is 1. The molecule has 1 aliphatic heterocycles. The molecule has 0 spiro atoms. The van der Waals surface area contributed by atoms with Gasteiger partial charge in [-0.2, -0.15) is 5.26 Å². The van der Waals surface area contributed by atoms with Crippen molar-refractivity contribution in [1.29, 1.82) is 5.26 Å². The van der Waals surface area contributed by atoms with Gasteiger partial charge in [0.1, 0.15) is 17.3 Å². The molecule has 1 N–H and O–H groups in total. The summed E-state index contributed by atoms with van der Waals surface area (Å²) in [7, 11) is 0. The van der Waals surface area contributed by atoms with Crippen molar-refractivity contribution in [2.24, 2.45) is 11.8 Å². The van der Waals surface area contributed by atoms with Crippen LogP contribution in [-0.2, 0) is 4.79 Å². The van der Waals surface area contributed by atoms with E-state index in [1.807, 2.05) is 11.0 Å². The SMILES string of the molecule is CC1CC(C)CN(/C=C(/C#N)C(=O)Nc2ccccc2[N+](=O)[O-])C1. The van der Waals surface area contributed by atoms with Gasteiger partial charge in [0.2, 0.25) is 0 Å². The summed E-state index contributed by atoms with van der Waals surface area (Å²) in [6.07, 6.45) is 2.67. The molecule has 1 aromatic carbocycles. The molecule has 1 fully saturated rings. The zero-order valence-corrected chi connectivity index (χ0v) is 13.7. The molecule has 0 radical (unpaired) electrons. The van der Waals surface area contributed by atoms with Gasteiger partial charge in [0.25, 0.3) is 11.6 Å². The second-order valence-corrected chi connectivity index (χ2v) is 6.28. The minimum atomic E-state index is -0.641. The van der Waals surface area contributed by atoms with Crippen molar-refractivity contribution in [3.63, 3.8) is 0 Å². The minimum Gasteiger partial charge on any atom is -0.376 e. The molecule has 1 amide bonds. The average molecular weight is 328 g/mol. The summed E-state index contributed by atoms with van der Waals surface area (Å²) in [5.41, 5.74) is -0.188. The molecule has 0 saturated carbocycles. The van der Waals surface area contributed by atoms with E-state index in [2.05, 4.69) is 19.2 Å². The van der Waals surface area contributed by atoms with Crippen molar-refractivity contribution in [3.05, 3.63) is 46.2 Å². The van der Waals surface area contributed by atoms with Crippen LogP contribution in [-0.4, -0.2) is 28.8 Å². The van der Waals surface area contributed by atoms with Crippen molar-refractivity contribution >= 4 is 17.3 Å². The summed E-state index contributed by atoms with van der Waals surface area (Å²) in [5, 5.41) is 22.7. The van der Waals surface area contributed by atoms with Crippen LogP contribution in [0.4, 0.5) is 11.4 Å². The topological polar surface area (TPSA) is 99.3 Å². The predicted molar refractivity (Wildman–Crippen MR) is 89.9 cm³/mol. The number of para-hydroxylation sites is 2. The van der Waals surface area contributed by atoms with E-state index in [0.717, 1.165) is 19.5 Å². The number of hydrogen-bond donors (Lipinski definition) is 1. The molecule has 7 nitrogen and oxygen atoms in total. The zero-order chi connectivity index (χ0) is 17.7. The molecule has 24 heavy (non-hydrogen) atoms. The number of carbonyl (C=O) groups is 1. The van der Waals surface area contributed by atoms with E-state index in [0.29, 0.717) is 11.8 Å². The normalized spacial score (nSPS) is 21.0. The summed E-state index contributed by atoms with van der Waals surface area (Å²) in [6.45, 7) is 5.84. The van der Waals surface area contributed by atoms with Gasteiger partial charge < -0.3 is 10.2 Å². The van der Waals surface area contributed by atoms with E-state index in [-0.39, 0.29) is 16.9 Å². The number of nitrogens with one attached hydrogen (secondary N) is 1. The number of nitro benzene ring substituents is 1. The molecule has 7 heteroatoms. The van der Waals surface area contributed by atoms with Gasteiger partial charge in [-0.3, -0.25) is 14.9 Å². The maximum absolute atomic E-state index is 12.3. The monoisotopic (exact) mass is 328 g/mol. The van der Waals surface area contributed by atoms with Crippen LogP contribution in [0.3, 0.4) is 0 Å². The number of hydrogen-bond acceptors (Lipinski definition) is 5. The van der Waals surface area contributed by atoms with Gasteiger partial charge in [-0.15, -0.1) is 0 Å². The van der Waals surface area contributed by atoms with Gasteiger partial charge in [-0.1, -0.05) is 26.0 Å².